The third-order valence-electron chi connectivity index (χ3n) is 6.25. The van der Waals surface area contributed by atoms with Crippen molar-refractivity contribution in [1.29, 1.82) is 0 Å². The number of anilines is 1. The van der Waals surface area contributed by atoms with Crippen LogP contribution < -0.4 is 4.31 Å². The maximum absolute atomic E-state index is 13.2. The number of sulfonamides is 1. The van der Waals surface area contributed by atoms with E-state index in [1.165, 1.54) is 35.6 Å². The van der Waals surface area contributed by atoms with Crippen molar-refractivity contribution in [3.05, 3.63) is 58.4 Å². The van der Waals surface area contributed by atoms with Gasteiger partial charge in [0.2, 0.25) is 0 Å². The Labute approximate surface area is 199 Å². The van der Waals surface area contributed by atoms with Gasteiger partial charge in [-0.1, -0.05) is 20.8 Å². The monoisotopic (exact) mass is 486 g/mol. The highest BCUT2D eigenvalue weighted by Gasteiger charge is 2.27. The molecule has 0 bridgehead atoms. The summed E-state index contributed by atoms with van der Waals surface area (Å²) in [5.74, 6) is 1.48. The fourth-order valence-electron chi connectivity index (χ4n) is 4.30. The van der Waals surface area contributed by atoms with E-state index >= 15 is 0 Å². The lowest BCUT2D eigenvalue weighted by Crippen LogP contribution is -2.26. The summed E-state index contributed by atoms with van der Waals surface area (Å²) in [6.07, 6.45) is 2.02. The molecule has 0 unspecified atom stereocenters. The van der Waals surface area contributed by atoms with Gasteiger partial charge in [-0.15, -0.1) is 0 Å². The van der Waals surface area contributed by atoms with E-state index in [0.717, 1.165) is 49.5 Å². The zero-order chi connectivity index (χ0) is 24.7. The lowest BCUT2D eigenvalue weighted by Gasteiger charge is -2.26. The van der Waals surface area contributed by atoms with Crippen LogP contribution in [0.25, 0.3) is 11.0 Å². The number of hydrogen-bond donors (Lipinski definition) is 0. The Bertz CT molecular complexity index is 1300. The van der Waals surface area contributed by atoms with Crippen LogP contribution in [0.15, 0.2) is 47.4 Å². The largest absolute Gasteiger partial charge is 0.381 e. The predicted molar refractivity (Wildman–Crippen MR) is 131 cm³/mol. The first-order valence-corrected chi connectivity index (χ1v) is 12.7. The quantitative estimate of drug-likeness (QED) is 0.375. The van der Waals surface area contributed by atoms with Crippen molar-refractivity contribution >= 4 is 32.4 Å². The van der Waals surface area contributed by atoms with E-state index in [9.17, 15) is 18.5 Å². The van der Waals surface area contributed by atoms with Gasteiger partial charge in [-0.05, 0) is 49.1 Å². The molecule has 0 spiro atoms. The van der Waals surface area contributed by atoms with E-state index < -0.39 is 14.9 Å². The fraction of sp³-hybridized carbons (Fsp3) is 0.458. The summed E-state index contributed by atoms with van der Waals surface area (Å²) < 4.78 is 35.3. The summed E-state index contributed by atoms with van der Waals surface area (Å²) in [6.45, 7) is 8.78. The van der Waals surface area contributed by atoms with Crippen LogP contribution in [0, 0.1) is 16.0 Å². The predicted octanol–water partition coefficient (Wildman–Crippen LogP) is 4.49. The van der Waals surface area contributed by atoms with Gasteiger partial charge < -0.3 is 9.30 Å². The number of imidazole rings is 1. The molecule has 1 fully saturated rings. The molecule has 1 aliphatic rings. The molecule has 0 amide bonds. The standard InChI is InChI=1S/C24H30N4O5S/c1-24(2,3)23-25-21-15-19(7-10-22(21)27(23)16-17-11-13-33-14-12-17)26(4)34(31,32)20-8-5-18(6-9-20)28(29)30/h5-10,15,17H,11-14,16H2,1-4H3. The second-order valence-corrected chi connectivity index (χ2v) is 11.7. The third kappa shape index (κ3) is 4.65. The van der Waals surface area contributed by atoms with E-state index in [2.05, 4.69) is 25.3 Å². The number of rotatable bonds is 6. The molecule has 0 aliphatic carbocycles. The molecule has 2 heterocycles. The highest BCUT2D eigenvalue weighted by molar-refractivity contribution is 7.92. The molecular formula is C24H30N4O5S. The Hall–Kier alpha value is -2.98. The Kier molecular flexibility index (Phi) is 6.39. The molecule has 0 radical (unpaired) electrons. The molecule has 34 heavy (non-hydrogen) atoms. The van der Waals surface area contributed by atoms with Gasteiger partial charge in [0.25, 0.3) is 15.7 Å². The molecule has 1 saturated heterocycles. The number of nitro benzene ring substituents is 1. The molecule has 0 atom stereocenters. The zero-order valence-electron chi connectivity index (χ0n) is 19.9. The van der Waals surface area contributed by atoms with E-state index in [1.54, 1.807) is 12.1 Å². The van der Waals surface area contributed by atoms with E-state index in [0.29, 0.717) is 11.6 Å². The Morgan fingerprint density at radius 3 is 2.38 bits per heavy atom. The molecule has 9 nitrogen and oxygen atoms in total. The molecule has 1 aromatic heterocycles. The first kappa shape index (κ1) is 24.2. The maximum atomic E-state index is 13.2. The Morgan fingerprint density at radius 2 is 1.79 bits per heavy atom. The van der Waals surface area contributed by atoms with Crippen LogP contribution in [0.4, 0.5) is 11.4 Å². The smallest absolute Gasteiger partial charge is 0.269 e. The molecule has 0 saturated carbocycles. The number of nitro groups is 1. The van der Waals surface area contributed by atoms with E-state index in [4.69, 9.17) is 9.72 Å². The minimum Gasteiger partial charge on any atom is -0.381 e. The summed E-state index contributed by atoms with van der Waals surface area (Å²) in [5.41, 5.74) is 1.84. The lowest BCUT2D eigenvalue weighted by molar-refractivity contribution is -0.384. The van der Waals surface area contributed by atoms with Gasteiger partial charge in [0, 0.05) is 44.4 Å². The minimum absolute atomic E-state index is 0.0128. The number of ether oxygens (including phenoxy) is 1. The number of nitrogens with zero attached hydrogens (tertiary/aromatic N) is 4. The van der Waals surface area contributed by atoms with Crippen molar-refractivity contribution in [3.8, 4) is 0 Å². The minimum atomic E-state index is -3.90. The Morgan fingerprint density at radius 1 is 1.15 bits per heavy atom. The van der Waals surface area contributed by atoms with Crippen molar-refractivity contribution in [2.45, 2.75) is 50.5 Å². The van der Waals surface area contributed by atoms with Crippen LogP contribution >= 0.6 is 0 Å². The molecule has 3 aromatic rings. The van der Waals surface area contributed by atoms with Gasteiger partial charge >= 0.3 is 0 Å². The van der Waals surface area contributed by atoms with Crippen molar-refractivity contribution in [3.63, 3.8) is 0 Å². The number of benzene rings is 2. The SMILES string of the molecule is CN(c1ccc2c(c1)nc(C(C)(C)C)n2CC1CCOCC1)S(=O)(=O)c1ccc([N+](=O)[O-])cc1. The summed E-state index contributed by atoms with van der Waals surface area (Å²) in [6, 6.07) is 10.4. The molecule has 182 valence electrons. The van der Waals surface area contributed by atoms with Crippen LogP contribution in [0.3, 0.4) is 0 Å². The molecule has 0 N–H and O–H groups in total. The summed E-state index contributed by atoms with van der Waals surface area (Å²) in [5, 5.41) is 10.9. The van der Waals surface area contributed by atoms with Crippen LogP contribution in [-0.4, -0.2) is 43.2 Å². The summed E-state index contributed by atoms with van der Waals surface area (Å²) in [7, 11) is -2.42. The number of non-ortho nitro benzene ring substituents is 1. The highest BCUT2D eigenvalue weighted by Crippen LogP contribution is 2.32. The molecule has 4 rings (SSSR count). The van der Waals surface area contributed by atoms with Crippen LogP contribution in [-0.2, 0) is 26.7 Å². The zero-order valence-corrected chi connectivity index (χ0v) is 20.7. The van der Waals surface area contributed by atoms with Crippen molar-refractivity contribution in [2.24, 2.45) is 5.92 Å². The molecule has 1 aliphatic heterocycles. The first-order valence-electron chi connectivity index (χ1n) is 11.3. The Balaban J connectivity index is 1.70. The molecular weight excluding hydrogens is 456 g/mol. The highest BCUT2D eigenvalue weighted by atomic mass is 32.2. The van der Waals surface area contributed by atoms with Gasteiger partial charge in [0.15, 0.2) is 0 Å². The van der Waals surface area contributed by atoms with Crippen LogP contribution in [0.2, 0.25) is 0 Å². The third-order valence-corrected chi connectivity index (χ3v) is 8.05. The summed E-state index contributed by atoms with van der Waals surface area (Å²) in [4.78, 5) is 15.2. The number of fused-ring (bicyclic) bond motifs is 1. The van der Waals surface area contributed by atoms with E-state index in [1.807, 2.05) is 6.07 Å². The van der Waals surface area contributed by atoms with Crippen LogP contribution in [0.5, 0.6) is 0 Å². The number of aromatic nitrogens is 2. The van der Waals surface area contributed by atoms with Crippen molar-refractivity contribution in [1.82, 2.24) is 9.55 Å². The normalized spacial score (nSPS) is 15.5. The second kappa shape index (κ2) is 8.99. The van der Waals surface area contributed by atoms with Crippen LogP contribution in [0.1, 0.15) is 39.4 Å². The average molecular weight is 487 g/mol. The van der Waals surface area contributed by atoms with Crippen molar-refractivity contribution < 1.29 is 18.1 Å². The van der Waals surface area contributed by atoms with Gasteiger partial charge in [-0.3, -0.25) is 14.4 Å². The number of hydrogen-bond acceptors (Lipinski definition) is 6. The first-order chi connectivity index (χ1) is 16.0. The topological polar surface area (TPSA) is 108 Å². The van der Waals surface area contributed by atoms with Gasteiger partial charge in [-0.2, -0.15) is 0 Å². The van der Waals surface area contributed by atoms with Gasteiger partial charge in [-0.25, -0.2) is 13.4 Å². The summed E-state index contributed by atoms with van der Waals surface area (Å²) >= 11 is 0. The van der Waals surface area contributed by atoms with E-state index in [-0.39, 0.29) is 16.0 Å². The van der Waals surface area contributed by atoms with Crippen molar-refractivity contribution in [2.75, 3.05) is 24.6 Å². The second-order valence-electron chi connectivity index (χ2n) is 9.75. The fourth-order valence-corrected chi connectivity index (χ4v) is 5.48. The van der Waals surface area contributed by atoms with Gasteiger partial charge in [0.1, 0.15) is 5.82 Å². The molecule has 2 aromatic carbocycles. The lowest BCUT2D eigenvalue weighted by atomic mass is 9.94. The maximum Gasteiger partial charge on any atom is 0.269 e. The molecule has 10 heteroatoms. The van der Waals surface area contributed by atoms with Gasteiger partial charge in [0.05, 0.1) is 26.5 Å². The average Bonchev–Trinajstić information content (AvgIpc) is 3.17.